The zero-order valence-corrected chi connectivity index (χ0v) is 16.6. The quantitative estimate of drug-likeness (QED) is 0.860. The summed E-state index contributed by atoms with van der Waals surface area (Å²) in [5, 5.41) is 0. The van der Waals surface area contributed by atoms with E-state index in [9.17, 15) is 4.79 Å². The molecule has 0 bridgehead atoms. The van der Waals surface area contributed by atoms with E-state index in [1.54, 1.807) is 0 Å². The second kappa shape index (κ2) is 10.2. The van der Waals surface area contributed by atoms with Crippen LogP contribution in [0.1, 0.15) is 25.3 Å². The highest BCUT2D eigenvalue weighted by Crippen LogP contribution is 2.32. The van der Waals surface area contributed by atoms with Gasteiger partial charge in [0, 0.05) is 19.0 Å². The molecule has 138 valence electrons. The molecule has 6 heteroatoms. The summed E-state index contributed by atoms with van der Waals surface area (Å²) in [5.41, 5.74) is 7.26. The van der Waals surface area contributed by atoms with Crippen LogP contribution >= 0.6 is 24.8 Å². The minimum absolute atomic E-state index is 0. The van der Waals surface area contributed by atoms with Crippen molar-refractivity contribution in [1.82, 2.24) is 9.80 Å². The summed E-state index contributed by atoms with van der Waals surface area (Å²) in [5.74, 6) is 1.23. The molecule has 24 heavy (non-hydrogen) atoms. The van der Waals surface area contributed by atoms with Gasteiger partial charge in [-0.1, -0.05) is 44.2 Å². The van der Waals surface area contributed by atoms with E-state index < -0.39 is 0 Å². The van der Waals surface area contributed by atoms with Gasteiger partial charge in [0.05, 0.1) is 6.04 Å². The first kappa shape index (κ1) is 23.2. The molecule has 2 N–H and O–H groups in total. The molecule has 0 saturated carbocycles. The van der Waals surface area contributed by atoms with Gasteiger partial charge in [0.15, 0.2) is 0 Å². The van der Waals surface area contributed by atoms with Gasteiger partial charge in [-0.05, 0) is 38.0 Å². The van der Waals surface area contributed by atoms with Crippen molar-refractivity contribution in [1.29, 1.82) is 0 Å². The van der Waals surface area contributed by atoms with Crippen LogP contribution in [0.2, 0.25) is 0 Å². The van der Waals surface area contributed by atoms with Crippen LogP contribution in [0.5, 0.6) is 0 Å². The summed E-state index contributed by atoms with van der Waals surface area (Å²) in [6, 6.07) is 10.4. The molecule has 1 heterocycles. The third-order valence-electron chi connectivity index (χ3n) is 4.72. The van der Waals surface area contributed by atoms with Crippen LogP contribution in [0.15, 0.2) is 30.3 Å². The van der Waals surface area contributed by atoms with Crippen LogP contribution in [0, 0.1) is 11.8 Å². The van der Waals surface area contributed by atoms with E-state index in [4.69, 9.17) is 5.73 Å². The first-order valence-corrected chi connectivity index (χ1v) is 8.16. The second-order valence-corrected chi connectivity index (χ2v) is 6.91. The largest absolute Gasteiger partial charge is 0.340 e. The van der Waals surface area contributed by atoms with Gasteiger partial charge in [-0.25, -0.2) is 0 Å². The summed E-state index contributed by atoms with van der Waals surface area (Å²) >= 11 is 0. The van der Waals surface area contributed by atoms with E-state index in [0.29, 0.717) is 24.3 Å². The molecular weight excluding hydrogens is 345 g/mol. The number of nitrogens with zero attached hydrogens (tertiary/aromatic N) is 2. The van der Waals surface area contributed by atoms with Gasteiger partial charge in [0.25, 0.3) is 0 Å². The third kappa shape index (κ3) is 5.09. The Morgan fingerprint density at radius 1 is 1.21 bits per heavy atom. The van der Waals surface area contributed by atoms with Crippen molar-refractivity contribution in [3.63, 3.8) is 0 Å². The number of amides is 1. The molecule has 1 aliphatic rings. The summed E-state index contributed by atoms with van der Waals surface area (Å²) in [6.07, 6.45) is 0. The lowest BCUT2D eigenvalue weighted by atomic mass is 9.89. The molecule has 1 aromatic rings. The molecule has 1 saturated heterocycles. The molecule has 2 rings (SSSR count). The fourth-order valence-corrected chi connectivity index (χ4v) is 3.66. The average molecular weight is 376 g/mol. The lowest BCUT2D eigenvalue weighted by Gasteiger charge is -2.31. The number of carbonyl (C=O) groups excluding carboxylic acids is 1. The van der Waals surface area contributed by atoms with Crippen LogP contribution in [-0.2, 0) is 4.79 Å². The van der Waals surface area contributed by atoms with Crippen molar-refractivity contribution in [2.75, 3.05) is 33.7 Å². The molecule has 1 fully saturated rings. The fourth-order valence-electron chi connectivity index (χ4n) is 3.66. The highest BCUT2D eigenvalue weighted by Gasteiger charge is 2.38. The molecular formula is C18H31Cl2N3O. The summed E-state index contributed by atoms with van der Waals surface area (Å²) < 4.78 is 0. The molecule has 1 aliphatic heterocycles. The van der Waals surface area contributed by atoms with Crippen LogP contribution < -0.4 is 5.73 Å². The minimum Gasteiger partial charge on any atom is -0.340 e. The molecule has 0 aromatic heterocycles. The number of nitrogens with two attached hydrogens (primary N) is 1. The smallest absolute Gasteiger partial charge is 0.240 e. The Labute approximate surface area is 158 Å². The number of benzene rings is 1. The van der Waals surface area contributed by atoms with Crippen LogP contribution in [0.3, 0.4) is 0 Å². The Kier molecular flexibility index (Phi) is 9.90. The monoisotopic (exact) mass is 375 g/mol. The van der Waals surface area contributed by atoms with Crippen molar-refractivity contribution in [2.45, 2.75) is 25.8 Å². The number of likely N-dealkylation sites (tertiary alicyclic amines) is 1. The number of hydrogen-bond donors (Lipinski definition) is 1. The number of rotatable bonds is 5. The molecule has 0 unspecified atom stereocenters. The van der Waals surface area contributed by atoms with Gasteiger partial charge in [0.1, 0.15) is 0 Å². The molecule has 0 radical (unpaired) electrons. The topological polar surface area (TPSA) is 49.6 Å². The Hall–Kier alpha value is -0.810. The van der Waals surface area contributed by atoms with Crippen molar-refractivity contribution in [3.8, 4) is 0 Å². The van der Waals surface area contributed by atoms with Crippen molar-refractivity contribution in [2.24, 2.45) is 17.6 Å². The standard InChI is InChI=1S/C18H29N3O.2ClH/c1-13(2)17(20(3)4)18(22)21-11-15(10-19)16(12-21)14-8-6-5-7-9-14;;/h5-9,13,15-17H,10-12,19H2,1-4H3;2*1H/t15-,16+,17+;;/m1../s1. The summed E-state index contributed by atoms with van der Waals surface area (Å²) in [4.78, 5) is 17.0. The number of carbonyl (C=O) groups is 1. The Morgan fingerprint density at radius 3 is 2.25 bits per heavy atom. The first-order valence-electron chi connectivity index (χ1n) is 8.16. The predicted octanol–water partition coefficient (Wildman–Crippen LogP) is 2.62. The lowest BCUT2D eigenvalue weighted by Crippen LogP contribution is -2.48. The number of hydrogen-bond acceptors (Lipinski definition) is 3. The van der Waals surface area contributed by atoms with Crippen LogP contribution in [0.25, 0.3) is 0 Å². The van der Waals surface area contributed by atoms with Gasteiger partial charge in [0.2, 0.25) is 5.91 Å². The molecule has 3 atom stereocenters. The second-order valence-electron chi connectivity index (χ2n) is 6.91. The Bertz CT molecular complexity index is 488. The van der Waals surface area contributed by atoms with E-state index in [0.717, 1.165) is 13.1 Å². The highest BCUT2D eigenvalue weighted by molar-refractivity contribution is 5.85. The Balaban J connectivity index is 0.00000264. The maximum absolute atomic E-state index is 12.9. The van der Waals surface area contributed by atoms with Gasteiger partial charge in [-0.15, -0.1) is 24.8 Å². The van der Waals surface area contributed by atoms with Gasteiger partial charge < -0.3 is 10.6 Å². The number of likely N-dealkylation sites (N-methyl/N-ethyl adjacent to an activating group) is 1. The van der Waals surface area contributed by atoms with E-state index in [1.807, 2.05) is 30.0 Å². The van der Waals surface area contributed by atoms with E-state index in [2.05, 4.69) is 38.1 Å². The highest BCUT2D eigenvalue weighted by atomic mass is 35.5. The zero-order chi connectivity index (χ0) is 16.3. The first-order chi connectivity index (χ1) is 10.5. The molecule has 0 spiro atoms. The maximum atomic E-state index is 12.9. The van der Waals surface area contributed by atoms with Gasteiger partial charge in [-0.3, -0.25) is 9.69 Å². The van der Waals surface area contributed by atoms with E-state index in [1.165, 1.54) is 5.56 Å². The van der Waals surface area contributed by atoms with E-state index >= 15 is 0 Å². The van der Waals surface area contributed by atoms with Crippen LogP contribution in [-0.4, -0.2) is 55.5 Å². The van der Waals surface area contributed by atoms with Gasteiger partial charge in [-0.2, -0.15) is 0 Å². The maximum Gasteiger partial charge on any atom is 0.240 e. The number of halogens is 2. The molecule has 1 aromatic carbocycles. The minimum atomic E-state index is -0.0621. The normalized spacial score (nSPS) is 21.4. The fraction of sp³-hybridized carbons (Fsp3) is 0.611. The van der Waals surface area contributed by atoms with Crippen molar-refractivity contribution in [3.05, 3.63) is 35.9 Å². The zero-order valence-electron chi connectivity index (χ0n) is 15.0. The third-order valence-corrected chi connectivity index (χ3v) is 4.72. The summed E-state index contributed by atoms with van der Waals surface area (Å²) in [6.45, 7) is 6.38. The van der Waals surface area contributed by atoms with Crippen LogP contribution in [0.4, 0.5) is 0 Å². The van der Waals surface area contributed by atoms with E-state index in [-0.39, 0.29) is 36.8 Å². The summed E-state index contributed by atoms with van der Waals surface area (Å²) in [7, 11) is 3.96. The molecule has 1 amide bonds. The van der Waals surface area contributed by atoms with Crippen molar-refractivity contribution >= 4 is 30.7 Å². The predicted molar refractivity (Wildman–Crippen MR) is 105 cm³/mol. The average Bonchev–Trinajstić information content (AvgIpc) is 2.91. The molecule has 4 nitrogen and oxygen atoms in total. The SMILES string of the molecule is CC(C)[C@@H](C(=O)N1C[C@@H](CN)[C@H](c2ccccc2)C1)N(C)C.Cl.Cl. The van der Waals surface area contributed by atoms with Crippen molar-refractivity contribution < 1.29 is 4.79 Å². The molecule has 0 aliphatic carbocycles. The van der Waals surface area contributed by atoms with Gasteiger partial charge >= 0.3 is 0 Å². The Morgan fingerprint density at radius 2 is 1.79 bits per heavy atom. The lowest BCUT2D eigenvalue weighted by molar-refractivity contribution is -0.136.